The van der Waals surface area contributed by atoms with Crippen molar-refractivity contribution in [2.45, 2.75) is 18.2 Å². The van der Waals surface area contributed by atoms with Crippen LogP contribution in [0.1, 0.15) is 11.1 Å². The Bertz CT molecular complexity index is 878. The Labute approximate surface area is 159 Å². The third-order valence-electron chi connectivity index (χ3n) is 3.89. The molecule has 0 fully saturated rings. The van der Waals surface area contributed by atoms with E-state index in [1.807, 2.05) is 24.3 Å². The Kier molecular flexibility index (Phi) is 7.20. The summed E-state index contributed by atoms with van der Waals surface area (Å²) in [5.74, 6) is 0.674. The number of sulfonamides is 1. The van der Waals surface area contributed by atoms with Crippen LogP contribution in [0, 0.1) is 6.92 Å². The fraction of sp³-hybridized carbons (Fsp3) is 0.316. The van der Waals surface area contributed by atoms with Crippen LogP contribution in [0.2, 0.25) is 0 Å². The van der Waals surface area contributed by atoms with Gasteiger partial charge in [0.15, 0.2) is 6.61 Å². The second kappa shape index (κ2) is 9.38. The van der Waals surface area contributed by atoms with Gasteiger partial charge in [-0.25, -0.2) is 17.9 Å². The maximum Gasteiger partial charge on any atom is 0.343 e. The number of ether oxygens (including phenoxy) is 3. The molecule has 1 N–H and O–H groups in total. The van der Waals surface area contributed by atoms with Gasteiger partial charge in [0.1, 0.15) is 11.5 Å². The zero-order chi connectivity index (χ0) is 19.9. The van der Waals surface area contributed by atoms with Gasteiger partial charge >= 0.3 is 5.97 Å². The summed E-state index contributed by atoms with van der Waals surface area (Å²) in [6, 6.07) is 11.9. The number of carbonyl (C=O) groups excluding carboxylic acids is 1. The molecule has 2 aromatic carbocycles. The van der Waals surface area contributed by atoms with E-state index in [0.29, 0.717) is 17.7 Å². The zero-order valence-corrected chi connectivity index (χ0v) is 16.3. The Balaban J connectivity index is 1.96. The smallest absolute Gasteiger partial charge is 0.343 e. The van der Waals surface area contributed by atoms with Gasteiger partial charge in [0, 0.05) is 6.54 Å². The van der Waals surface area contributed by atoms with Crippen LogP contribution in [0.3, 0.4) is 0 Å². The van der Waals surface area contributed by atoms with Crippen LogP contribution < -0.4 is 14.2 Å². The minimum absolute atomic E-state index is 0.139. The predicted molar refractivity (Wildman–Crippen MR) is 101 cm³/mol. The number of carbonyl (C=O) groups is 1. The molecule has 0 amide bonds. The first-order valence-electron chi connectivity index (χ1n) is 8.28. The van der Waals surface area contributed by atoms with Crippen molar-refractivity contribution in [2.75, 3.05) is 27.4 Å². The molecule has 27 heavy (non-hydrogen) atoms. The first-order chi connectivity index (χ1) is 12.9. The predicted octanol–water partition coefficient (Wildman–Crippen LogP) is 2.08. The molecule has 2 rings (SSSR count). The van der Waals surface area contributed by atoms with Crippen molar-refractivity contribution in [2.24, 2.45) is 0 Å². The molecule has 146 valence electrons. The molecule has 0 aliphatic heterocycles. The summed E-state index contributed by atoms with van der Waals surface area (Å²) < 4.78 is 42.4. The topological polar surface area (TPSA) is 90.9 Å². The van der Waals surface area contributed by atoms with E-state index < -0.39 is 16.0 Å². The Morgan fingerprint density at radius 3 is 2.37 bits per heavy atom. The molecular formula is C19H23NO6S. The second-order valence-corrected chi connectivity index (χ2v) is 7.55. The maximum absolute atomic E-state index is 12.5. The van der Waals surface area contributed by atoms with Gasteiger partial charge in [0.2, 0.25) is 10.0 Å². The highest BCUT2D eigenvalue weighted by Crippen LogP contribution is 2.22. The van der Waals surface area contributed by atoms with Crippen molar-refractivity contribution in [1.29, 1.82) is 0 Å². The Morgan fingerprint density at radius 2 is 1.78 bits per heavy atom. The average molecular weight is 393 g/mol. The number of benzene rings is 2. The van der Waals surface area contributed by atoms with Crippen molar-refractivity contribution in [3.8, 4) is 11.5 Å². The zero-order valence-electron chi connectivity index (χ0n) is 15.5. The summed E-state index contributed by atoms with van der Waals surface area (Å²) in [6.07, 6.45) is 0.558. The van der Waals surface area contributed by atoms with Crippen LogP contribution in [-0.2, 0) is 26.0 Å². The number of methoxy groups -OCH3 is 2. The van der Waals surface area contributed by atoms with Gasteiger partial charge in [-0.1, -0.05) is 12.1 Å². The van der Waals surface area contributed by atoms with E-state index in [1.165, 1.54) is 25.3 Å². The molecule has 0 saturated heterocycles. The Morgan fingerprint density at radius 1 is 1.07 bits per heavy atom. The highest BCUT2D eigenvalue weighted by atomic mass is 32.2. The largest absolute Gasteiger partial charge is 0.497 e. The number of hydrogen-bond donors (Lipinski definition) is 1. The summed E-state index contributed by atoms with van der Waals surface area (Å²) in [7, 11) is -0.777. The van der Waals surface area contributed by atoms with Crippen molar-refractivity contribution in [1.82, 2.24) is 4.72 Å². The van der Waals surface area contributed by atoms with E-state index in [9.17, 15) is 13.2 Å². The molecule has 7 nitrogen and oxygen atoms in total. The third-order valence-corrected chi connectivity index (χ3v) is 5.35. The lowest BCUT2D eigenvalue weighted by molar-refractivity contribution is -0.142. The van der Waals surface area contributed by atoms with Crippen molar-refractivity contribution < 1.29 is 27.4 Å². The van der Waals surface area contributed by atoms with Crippen LogP contribution >= 0.6 is 0 Å². The number of aryl methyl sites for hydroxylation is 1. The second-order valence-electron chi connectivity index (χ2n) is 5.79. The summed E-state index contributed by atoms with van der Waals surface area (Å²) in [6.45, 7) is 1.75. The normalized spacial score (nSPS) is 11.1. The van der Waals surface area contributed by atoms with Gasteiger partial charge in [-0.15, -0.1) is 0 Å². The lowest BCUT2D eigenvalue weighted by Gasteiger charge is -2.11. The number of rotatable bonds is 9. The molecule has 0 spiro atoms. The molecular weight excluding hydrogens is 370 g/mol. The quantitative estimate of drug-likeness (QED) is 0.656. The van der Waals surface area contributed by atoms with Crippen molar-refractivity contribution >= 4 is 16.0 Å². The van der Waals surface area contributed by atoms with Gasteiger partial charge in [-0.05, 0) is 54.8 Å². The molecule has 0 saturated carbocycles. The standard InChI is InChI=1S/C19H23NO6S/c1-14-12-17(8-9-18(14)26-13-19(21)25-3)27(22,23)20-11-10-15-4-6-16(24-2)7-5-15/h4-9,12,20H,10-11,13H2,1-3H3. The first-order valence-corrected chi connectivity index (χ1v) is 9.77. The number of hydrogen-bond acceptors (Lipinski definition) is 6. The van der Waals surface area contributed by atoms with E-state index in [0.717, 1.165) is 11.3 Å². The fourth-order valence-electron chi connectivity index (χ4n) is 2.35. The highest BCUT2D eigenvalue weighted by Gasteiger charge is 2.15. The summed E-state index contributed by atoms with van der Waals surface area (Å²) in [5, 5.41) is 0. The molecule has 0 aliphatic carbocycles. The molecule has 2 aromatic rings. The van der Waals surface area contributed by atoms with E-state index in [1.54, 1.807) is 14.0 Å². The van der Waals surface area contributed by atoms with E-state index >= 15 is 0 Å². The first kappa shape index (κ1) is 20.7. The molecule has 8 heteroatoms. The van der Waals surface area contributed by atoms with Gasteiger partial charge in [-0.3, -0.25) is 0 Å². The van der Waals surface area contributed by atoms with Crippen molar-refractivity contribution in [3.63, 3.8) is 0 Å². The monoisotopic (exact) mass is 393 g/mol. The van der Waals surface area contributed by atoms with Crippen LogP contribution in [0.15, 0.2) is 47.4 Å². The molecule has 0 heterocycles. The maximum atomic E-state index is 12.5. The van der Waals surface area contributed by atoms with Gasteiger partial charge in [0.25, 0.3) is 0 Å². The minimum Gasteiger partial charge on any atom is -0.497 e. The highest BCUT2D eigenvalue weighted by molar-refractivity contribution is 7.89. The van der Waals surface area contributed by atoms with Crippen LogP contribution in [0.25, 0.3) is 0 Å². The fourth-order valence-corrected chi connectivity index (χ4v) is 3.47. The number of nitrogens with one attached hydrogen (secondary N) is 1. The third kappa shape index (κ3) is 5.97. The van der Waals surface area contributed by atoms with Gasteiger partial charge < -0.3 is 14.2 Å². The minimum atomic E-state index is -3.64. The molecule has 0 atom stereocenters. The summed E-state index contributed by atoms with van der Waals surface area (Å²) in [5.41, 5.74) is 1.61. The van der Waals surface area contributed by atoms with Gasteiger partial charge in [0.05, 0.1) is 19.1 Å². The molecule has 0 aromatic heterocycles. The number of esters is 1. The van der Waals surface area contributed by atoms with Crippen LogP contribution in [0.5, 0.6) is 11.5 Å². The Hall–Kier alpha value is -2.58. The lowest BCUT2D eigenvalue weighted by Crippen LogP contribution is -2.26. The van der Waals surface area contributed by atoms with Crippen LogP contribution in [-0.4, -0.2) is 41.8 Å². The average Bonchev–Trinajstić information content (AvgIpc) is 2.67. The van der Waals surface area contributed by atoms with Crippen LogP contribution in [0.4, 0.5) is 0 Å². The van der Waals surface area contributed by atoms with E-state index in [4.69, 9.17) is 9.47 Å². The lowest BCUT2D eigenvalue weighted by atomic mass is 10.1. The summed E-state index contributed by atoms with van der Waals surface area (Å²) >= 11 is 0. The molecule has 0 bridgehead atoms. The van der Waals surface area contributed by atoms with E-state index in [-0.39, 0.29) is 18.0 Å². The summed E-state index contributed by atoms with van der Waals surface area (Å²) in [4.78, 5) is 11.3. The van der Waals surface area contributed by atoms with Crippen molar-refractivity contribution in [3.05, 3.63) is 53.6 Å². The molecule has 0 aliphatic rings. The van der Waals surface area contributed by atoms with E-state index in [2.05, 4.69) is 9.46 Å². The van der Waals surface area contributed by atoms with Gasteiger partial charge in [-0.2, -0.15) is 0 Å². The SMILES string of the molecule is COC(=O)COc1ccc(S(=O)(=O)NCCc2ccc(OC)cc2)cc1C. The molecule has 0 unspecified atom stereocenters. The molecule has 0 radical (unpaired) electrons.